The summed E-state index contributed by atoms with van der Waals surface area (Å²) in [6.45, 7) is 9.45. The molecule has 0 spiro atoms. The Balaban J connectivity index is 2.05. The number of hydrogen-bond acceptors (Lipinski definition) is 4. The molecule has 0 amide bonds. The largest absolute Gasteiger partial charge is 0.492 e. The first kappa shape index (κ1) is 13.3. The van der Waals surface area contributed by atoms with E-state index in [9.17, 15) is 0 Å². The Morgan fingerprint density at radius 3 is 2.89 bits per heavy atom. The van der Waals surface area contributed by atoms with Gasteiger partial charge in [0.25, 0.3) is 0 Å². The number of hydrogen-bond donors (Lipinski definition) is 0. The zero-order valence-corrected chi connectivity index (χ0v) is 11.3. The second-order valence-corrected chi connectivity index (χ2v) is 4.67. The second-order valence-electron chi connectivity index (χ2n) is 4.67. The summed E-state index contributed by atoms with van der Waals surface area (Å²) in [5, 5.41) is 0. The predicted octanol–water partition coefficient (Wildman–Crippen LogP) is 2.01. The first-order valence-corrected chi connectivity index (χ1v) is 6.68. The van der Waals surface area contributed by atoms with Crippen LogP contribution in [0.1, 0.15) is 24.6 Å². The zero-order valence-electron chi connectivity index (χ0n) is 11.3. The van der Waals surface area contributed by atoms with Crippen molar-refractivity contribution in [1.82, 2.24) is 9.88 Å². The Kier molecular flexibility index (Phi) is 4.96. The zero-order chi connectivity index (χ0) is 12.8. The molecule has 0 N–H and O–H groups in total. The number of morpholine rings is 1. The lowest BCUT2D eigenvalue weighted by Crippen LogP contribution is -2.35. The highest BCUT2D eigenvalue weighted by Crippen LogP contribution is 2.20. The molecule has 0 aromatic carbocycles. The molecular formula is C14H22N2O2. The molecule has 18 heavy (non-hydrogen) atoms. The van der Waals surface area contributed by atoms with Crippen molar-refractivity contribution in [3.8, 4) is 5.75 Å². The molecular weight excluding hydrogens is 228 g/mol. The van der Waals surface area contributed by atoms with Crippen molar-refractivity contribution in [3.63, 3.8) is 0 Å². The van der Waals surface area contributed by atoms with Crippen LogP contribution < -0.4 is 4.74 Å². The van der Waals surface area contributed by atoms with Crippen LogP contribution in [0.3, 0.4) is 0 Å². The average Bonchev–Trinajstić information content (AvgIpc) is 2.39. The van der Waals surface area contributed by atoms with E-state index in [0.29, 0.717) is 0 Å². The van der Waals surface area contributed by atoms with Gasteiger partial charge in [0.1, 0.15) is 5.75 Å². The van der Waals surface area contributed by atoms with Crippen molar-refractivity contribution >= 4 is 0 Å². The quantitative estimate of drug-likeness (QED) is 0.800. The van der Waals surface area contributed by atoms with Gasteiger partial charge in [-0.15, -0.1) is 0 Å². The fourth-order valence-electron chi connectivity index (χ4n) is 2.07. The van der Waals surface area contributed by atoms with E-state index >= 15 is 0 Å². The second kappa shape index (κ2) is 6.71. The van der Waals surface area contributed by atoms with Crippen molar-refractivity contribution < 1.29 is 9.47 Å². The van der Waals surface area contributed by atoms with E-state index in [0.717, 1.165) is 57.3 Å². The maximum Gasteiger partial charge on any atom is 0.142 e. The standard InChI is InChI=1S/C14H22N2O2/c1-3-6-18-14-10-15-12(2)9-13(14)11-16-4-7-17-8-5-16/h9-10H,3-8,11H2,1-2H3. The molecule has 0 aliphatic carbocycles. The predicted molar refractivity (Wildman–Crippen MR) is 70.9 cm³/mol. The molecule has 1 aliphatic rings. The van der Waals surface area contributed by atoms with Gasteiger partial charge in [-0.05, 0) is 19.4 Å². The van der Waals surface area contributed by atoms with Crippen LogP contribution in [-0.2, 0) is 11.3 Å². The lowest BCUT2D eigenvalue weighted by atomic mass is 10.2. The Hall–Kier alpha value is -1.13. The van der Waals surface area contributed by atoms with Crippen LogP contribution in [0.15, 0.2) is 12.3 Å². The highest BCUT2D eigenvalue weighted by Gasteiger charge is 2.14. The molecule has 0 unspecified atom stereocenters. The molecule has 1 aromatic rings. The van der Waals surface area contributed by atoms with Gasteiger partial charge in [-0.1, -0.05) is 6.92 Å². The average molecular weight is 250 g/mol. The number of nitrogens with zero attached hydrogens (tertiary/aromatic N) is 2. The van der Waals surface area contributed by atoms with Gasteiger partial charge in [0.05, 0.1) is 26.0 Å². The Labute approximate surface area is 109 Å². The number of aromatic nitrogens is 1. The highest BCUT2D eigenvalue weighted by atomic mass is 16.5. The van der Waals surface area contributed by atoms with Crippen molar-refractivity contribution in [3.05, 3.63) is 23.5 Å². The van der Waals surface area contributed by atoms with E-state index in [4.69, 9.17) is 9.47 Å². The molecule has 4 heteroatoms. The molecule has 100 valence electrons. The third-order valence-corrected chi connectivity index (χ3v) is 3.04. The summed E-state index contributed by atoms with van der Waals surface area (Å²) >= 11 is 0. The van der Waals surface area contributed by atoms with Gasteiger partial charge in [-0.25, -0.2) is 0 Å². The van der Waals surface area contributed by atoms with Crippen molar-refractivity contribution in [2.24, 2.45) is 0 Å². The Bertz CT molecular complexity index is 376. The van der Waals surface area contributed by atoms with Gasteiger partial charge in [-0.3, -0.25) is 9.88 Å². The molecule has 0 saturated carbocycles. The molecule has 4 nitrogen and oxygen atoms in total. The van der Waals surface area contributed by atoms with E-state index in [-0.39, 0.29) is 0 Å². The van der Waals surface area contributed by atoms with Crippen LogP contribution in [0.25, 0.3) is 0 Å². The summed E-state index contributed by atoms with van der Waals surface area (Å²) in [5.74, 6) is 0.925. The smallest absolute Gasteiger partial charge is 0.142 e. The topological polar surface area (TPSA) is 34.6 Å². The number of aryl methyl sites for hydroxylation is 1. The van der Waals surface area contributed by atoms with Gasteiger partial charge in [0.15, 0.2) is 0 Å². The van der Waals surface area contributed by atoms with E-state index in [1.54, 1.807) is 0 Å². The Morgan fingerprint density at radius 1 is 1.39 bits per heavy atom. The van der Waals surface area contributed by atoms with Gasteiger partial charge in [-0.2, -0.15) is 0 Å². The first-order valence-electron chi connectivity index (χ1n) is 6.68. The first-order chi connectivity index (χ1) is 8.79. The molecule has 0 atom stereocenters. The monoisotopic (exact) mass is 250 g/mol. The summed E-state index contributed by atoms with van der Waals surface area (Å²) in [4.78, 5) is 6.72. The van der Waals surface area contributed by atoms with E-state index in [2.05, 4.69) is 22.9 Å². The molecule has 1 saturated heterocycles. The molecule has 2 heterocycles. The molecule has 1 fully saturated rings. The van der Waals surface area contributed by atoms with Crippen molar-refractivity contribution in [2.45, 2.75) is 26.8 Å². The minimum absolute atomic E-state index is 0.751. The van der Waals surface area contributed by atoms with Crippen LogP contribution in [0.2, 0.25) is 0 Å². The van der Waals surface area contributed by atoms with E-state index < -0.39 is 0 Å². The Morgan fingerprint density at radius 2 is 2.17 bits per heavy atom. The van der Waals surface area contributed by atoms with Gasteiger partial charge in [0.2, 0.25) is 0 Å². The van der Waals surface area contributed by atoms with Crippen LogP contribution in [0.5, 0.6) is 5.75 Å². The van der Waals surface area contributed by atoms with Gasteiger partial charge >= 0.3 is 0 Å². The molecule has 1 aliphatic heterocycles. The fourth-order valence-corrected chi connectivity index (χ4v) is 2.07. The fraction of sp³-hybridized carbons (Fsp3) is 0.643. The van der Waals surface area contributed by atoms with Crippen molar-refractivity contribution in [2.75, 3.05) is 32.9 Å². The summed E-state index contributed by atoms with van der Waals surface area (Å²) in [7, 11) is 0. The van der Waals surface area contributed by atoms with Gasteiger partial charge < -0.3 is 9.47 Å². The van der Waals surface area contributed by atoms with E-state index in [1.807, 2.05) is 13.1 Å². The third-order valence-electron chi connectivity index (χ3n) is 3.04. The molecule has 1 aromatic heterocycles. The van der Waals surface area contributed by atoms with Crippen LogP contribution in [0, 0.1) is 6.92 Å². The number of pyridine rings is 1. The summed E-state index contributed by atoms with van der Waals surface area (Å²) in [6.07, 6.45) is 2.87. The maximum absolute atomic E-state index is 5.76. The molecule has 2 rings (SSSR count). The molecule has 0 bridgehead atoms. The third kappa shape index (κ3) is 3.68. The van der Waals surface area contributed by atoms with Crippen LogP contribution >= 0.6 is 0 Å². The van der Waals surface area contributed by atoms with E-state index in [1.165, 1.54) is 5.56 Å². The van der Waals surface area contributed by atoms with Crippen LogP contribution in [-0.4, -0.2) is 42.8 Å². The number of rotatable bonds is 5. The number of ether oxygens (including phenoxy) is 2. The minimum Gasteiger partial charge on any atom is -0.492 e. The normalized spacial score (nSPS) is 16.8. The maximum atomic E-state index is 5.76. The lowest BCUT2D eigenvalue weighted by molar-refractivity contribution is 0.0338. The van der Waals surface area contributed by atoms with Crippen LogP contribution in [0.4, 0.5) is 0 Å². The SMILES string of the molecule is CCCOc1cnc(C)cc1CN1CCOCC1. The molecule has 0 radical (unpaired) electrons. The minimum atomic E-state index is 0.751. The summed E-state index contributed by atoms with van der Waals surface area (Å²) < 4.78 is 11.1. The highest BCUT2D eigenvalue weighted by molar-refractivity contribution is 5.32. The summed E-state index contributed by atoms with van der Waals surface area (Å²) in [5.41, 5.74) is 2.28. The summed E-state index contributed by atoms with van der Waals surface area (Å²) in [6, 6.07) is 2.13. The van der Waals surface area contributed by atoms with Crippen molar-refractivity contribution in [1.29, 1.82) is 0 Å². The van der Waals surface area contributed by atoms with Gasteiger partial charge in [0, 0.05) is 30.9 Å². The lowest BCUT2D eigenvalue weighted by Gasteiger charge is -2.27.